The number of carbonyl (C=O) groups excluding carboxylic acids is 1. The summed E-state index contributed by atoms with van der Waals surface area (Å²) in [6.45, 7) is 3.46. The van der Waals surface area contributed by atoms with E-state index in [2.05, 4.69) is 21.9 Å². The van der Waals surface area contributed by atoms with Gasteiger partial charge in [0.15, 0.2) is 0 Å². The Morgan fingerprint density at radius 1 is 0.906 bits per heavy atom. The second-order valence-electron chi connectivity index (χ2n) is 6.71. The van der Waals surface area contributed by atoms with Gasteiger partial charge in [-0.3, -0.25) is 4.79 Å². The number of nitrogen functional groups attached to an aromatic ring is 1. The van der Waals surface area contributed by atoms with Gasteiger partial charge in [0.1, 0.15) is 17.2 Å². The minimum atomic E-state index is -0.301. The van der Waals surface area contributed by atoms with E-state index in [9.17, 15) is 4.79 Å². The third-order valence-corrected chi connectivity index (χ3v) is 4.42. The Bertz CT molecular complexity index is 1240. The smallest absolute Gasteiger partial charge is 0.247 e. The molecule has 1 heterocycles. The summed E-state index contributed by atoms with van der Waals surface area (Å²) in [6, 6.07) is 23.9. The van der Waals surface area contributed by atoms with E-state index >= 15 is 0 Å². The lowest BCUT2D eigenvalue weighted by atomic mass is 10.1. The Morgan fingerprint density at radius 2 is 1.59 bits per heavy atom. The number of anilines is 2. The number of benzene rings is 3. The summed E-state index contributed by atoms with van der Waals surface area (Å²) < 4.78 is 11.8. The van der Waals surface area contributed by atoms with Crippen LogP contribution in [0.1, 0.15) is 0 Å². The van der Waals surface area contributed by atoms with Crippen LogP contribution >= 0.6 is 0 Å². The highest BCUT2D eigenvalue weighted by molar-refractivity contribution is 5.99. The lowest BCUT2D eigenvalue weighted by Crippen LogP contribution is -2.07. The maximum atomic E-state index is 11.6. The zero-order chi connectivity index (χ0) is 22.3. The minimum absolute atomic E-state index is 0.0869. The van der Waals surface area contributed by atoms with Gasteiger partial charge in [-0.15, -0.1) is 0 Å². The molecule has 3 aromatic carbocycles. The third-order valence-electron chi connectivity index (χ3n) is 4.42. The monoisotopic (exact) mass is 424 g/mol. The van der Waals surface area contributed by atoms with Crippen LogP contribution in [-0.2, 0) is 4.79 Å². The van der Waals surface area contributed by atoms with Crippen LogP contribution in [0, 0.1) is 0 Å². The number of para-hydroxylation sites is 1. The fourth-order valence-electron chi connectivity index (χ4n) is 2.92. The molecule has 0 saturated carbocycles. The average molecular weight is 424 g/mol. The molecule has 0 unspecified atom stereocenters. The molecule has 7 nitrogen and oxygen atoms in total. The van der Waals surface area contributed by atoms with E-state index in [1.54, 1.807) is 42.6 Å². The summed E-state index contributed by atoms with van der Waals surface area (Å²) >= 11 is 0. The number of carbonyl (C=O) groups is 1. The van der Waals surface area contributed by atoms with Crippen LogP contribution in [0.5, 0.6) is 23.1 Å². The number of nitrogens with zero attached hydrogens (tertiary/aromatic N) is 2. The van der Waals surface area contributed by atoms with Crippen LogP contribution in [0.15, 0.2) is 97.7 Å². The summed E-state index contributed by atoms with van der Waals surface area (Å²) in [7, 11) is 0. The quantitative estimate of drug-likeness (QED) is 0.384. The first-order valence-electron chi connectivity index (χ1n) is 9.78. The van der Waals surface area contributed by atoms with Crippen LogP contribution in [0.3, 0.4) is 0 Å². The number of amides is 1. The molecule has 0 fully saturated rings. The van der Waals surface area contributed by atoms with Crippen molar-refractivity contribution in [3.63, 3.8) is 0 Å². The van der Waals surface area contributed by atoms with Crippen LogP contribution in [0.4, 0.5) is 11.6 Å². The summed E-state index contributed by atoms with van der Waals surface area (Å²) in [5, 5.41) is 2.73. The Balaban J connectivity index is 1.57. The van der Waals surface area contributed by atoms with E-state index in [-0.39, 0.29) is 11.9 Å². The number of hydrogen-bond acceptors (Lipinski definition) is 6. The molecular formula is C25H20N4O3. The average Bonchev–Trinajstić information content (AvgIpc) is 2.81. The van der Waals surface area contributed by atoms with Gasteiger partial charge in [0.05, 0.1) is 5.56 Å². The van der Waals surface area contributed by atoms with E-state index in [4.69, 9.17) is 15.2 Å². The first-order valence-corrected chi connectivity index (χ1v) is 9.78. The fraction of sp³-hybridized carbons (Fsp3) is 0. The number of nitrogens with one attached hydrogen (secondary N) is 1. The van der Waals surface area contributed by atoms with Crippen LogP contribution in [0.25, 0.3) is 11.1 Å². The molecule has 0 bridgehead atoms. The van der Waals surface area contributed by atoms with Crippen molar-refractivity contribution in [3.8, 4) is 34.3 Å². The van der Waals surface area contributed by atoms with Crippen LogP contribution in [0.2, 0.25) is 0 Å². The molecule has 7 heteroatoms. The highest BCUT2D eigenvalue weighted by Gasteiger charge is 2.12. The maximum Gasteiger partial charge on any atom is 0.247 e. The lowest BCUT2D eigenvalue weighted by molar-refractivity contribution is -0.111. The number of hydrogen-bond donors (Lipinski definition) is 2. The molecule has 32 heavy (non-hydrogen) atoms. The number of nitrogens with two attached hydrogens (primary N) is 1. The predicted molar refractivity (Wildman–Crippen MR) is 124 cm³/mol. The Morgan fingerprint density at radius 3 is 2.31 bits per heavy atom. The van der Waals surface area contributed by atoms with Crippen molar-refractivity contribution in [1.29, 1.82) is 0 Å². The standard InChI is InChI=1S/C25H20N4O3/c1-2-23(30)28-18-8-6-7-17(15-18)22-16-27-25(26)29-24(22)32-21-13-11-20(12-14-21)31-19-9-4-3-5-10-19/h2-16H,1H2,(H,28,30)(H2,26,27,29). The third kappa shape index (κ3) is 5.09. The molecule has 0 spiro atoms. The van der Waals surface area contributed by atoms with Gasteiger partial charge in [0.2, 0.25) is 17.7 Å². The molecule has 0 saturated heterocycles. The summed E-state index contributed by atoms with van der Waals surface area (Å²) in [5.41, 5.74) is 7.78. The molecule has 3 N–H and O–H groups in total. The fourth-order valence-corrected chi connectivity index (χ4v) is 2.92. The van der Waals surface area contributed by atoms with Gasteiger partial charge >= 0.3 is 0 Å². The molecule has 158 valence electrons. The van der Waals surface area contributed by atoms with Gasteiger partial charge < -0.3 is 20.5 Å². The predicted octanol–water partition coefficient (Wildman–Crippen LogP) is 5.43. The van der Waals surface area contributed by atoms with Gasteiger partial charge in [-0.2, -0.15) is 4.98 Å². The van der Waals surface area contributed by atoms with Crippen molar-refractivity contribution in [3.05, 3.63) is 97.7 Å². The van der Waals surface area contributed by atoms with E-state index in [0.717, 1.165) is 11.3 Å². The summed E-state index contributed by atoms with van der Waals surface area (Å²) in [6.07, 6.45) is 2.79. The first-order chi connectivity index (χ1) is 15.6. The zero-order valence-corrected chi connectivity index (χ0v) is 17.1. The minimum Gasteiger partial charge on any atom is -0.457 e. The van der Waals surface area contributed by atoms with Crippen molar-refractivity contribution in [2.24, 2.45) is 0 Å². The van der Waals surface area contributed by atoms with Crippen molar-refractivity contribution >= 4 is 17.5 Å². The van der Waals surface area contributed by atoms with Crippen molar-refractivity contribution < 1.29 is 14.3 Å². The molecule has 0 atom stereocenters. The van der Waals surface area contributed by atoms with Gasteiger partial charge in [0.25, 0.3) is 0 Å². The van der Waals surface area contributed by atoms with Gasteiger partial charge in [0, 0.05) is 11.9 Å². The lowest BCUT2D eigenvalue weighted by Gasteiger charge is -2.12. The van der Waals surface area contributed by atoms with E-state index in [1.165, 1.54) is 6.08 Å². The van der Waals surface area contributed by atoms with E-state index in [1.807, 2.05) is 42.5 Å². The molecule has 0 aliphatic carbocycles. The summed E-state index contributed by atoms with van der Waals surface area (Å²) in [5.74, 6) is 2.06. The molecule has 0 radical (unpaired) electrons. The number of ether oxygens (including phenoxy) is 2. The highest BCUT2D eigenvalue weighted by Crippen LogP contribution is 2.33. The molecule has 0 aliphatic heterocycles. The Labute approximate surface area is 185 Å². The highest BCUT2D eigenvalue weighted by atomic mass is 16.5. The van der Waals surface area contributed by atoms with E-state index in [0.29, 0.717) is 28.6 Å². The van der Waals surface area contributed by atoms with Crippen molar-refractivity contribution in [2.45, 2.75) is 0 Å². The molecule has 0 aliphatic rings. The van der Waals surface area contributed by atoms with Crippen molar-refractivity contribution in [2.75, 3.05) is 11.1 Å². The van der Waals surface area contributed by atoms with E-state index < -0.39 is 0 Å². The summed E-state index contributed by atoms with van der Waals surface area (Å²) in [4.78, 5) is 20.0. The van der Waals surface area contributed by atoms with Gasteiger partial charge in [-0.1, -0.05) is 36.9 Å². The molecule has 4 aromatic rings. The molecule has 4 rings (SSSR count). The largest absolute Gasteiger partial charge is 0.457 e. The molecular weight excluding hydrogens is 404 g/mol. The Kier molecular flexibility index (Phi) is 6.08. The maximum absolute atomic E-state index is 11.6. The molecule has 1 aromatic heterocycles. The normalized spacial score (nSPS) is 10.2. The van der Waals surface area contributed by atoms with Gasteiger partial charge in [-0.05, 0) is 60.2 Å². The Hall–Kier alpha value is -4.65. The topological polar surface area (TPSA) is 99.4 Å². The zero-order valence-electron chi connectivity index (χ0n) is 17.1. The first kappa shape index (κ1) is 20.6. The van der Waals surface area contributed by atoms with Crippen LogP contribution in [-0.4, -0.2) is 15.9 Å². The second-order valence-corrected chi connectivity index (χ2v) is 6.71. The van der Waals surface area contributed by atoms with Crippen molar-refractivity contribution in [1.82, 2.24) is 9.97 Å². The SMILES string of the molecule is C=CC(=O)Nc1cccc(-c2cnc(N)nc2Oc2ccc(Oc3ccccc3)cc2)c1. The van der Waals surface area contributed by atoms with Crippen LogP contribution < -0.4 is 20.5 Å². The number of aromatic nitrogens is 2. The number of rotatable bonds is 7. The second kappa shape index (κ2) is 9.44. The van der Waals surface area contributed by atoms with Gasteiger partial charge in [-0.25, -0.2) is 4.98 Å². The molecule has 1 amide bonds.